The van der Waals surface area contributed by atoms with Gasteiger partial charge in [0.25, 0.3) is 0 Å². The molecule has 4 heteroatoms. The van der Waals surface area contributed by atoms with E-state index in [-0.39, 0.29) is 43.3 Å². The van der Waals surface area contributed by atoms with Crippen molar-refractivity contribution in [2.45, 2.75) is 39.5 Å². The molecule has 0 rings (SSSR count). The van der Waals surface area contributed by atoms with E-state index in [2.05, 4.69) is 13.8 Å². The van der Waals surface area contributed by atoms with E-state index in [4.69, 9.17) is 10.8 Å². The Labute approximate surface area is 110 Å². The van der Waals surface area contributed by atoms with Crippen molar-refractivity contribution in [3.8, 4) is 0 Å². The Balaban J connectivity index is -0.000000720. The number of hydrogen-bond acceptors (Lipinski definition) is 2. The molecule has 0 amide bonds. The van der Waals surface area contributed by atoms with Crippen molar-refractivity contribution < 1.29 is 40.9 Å². The Bertz CT molecular complexity index is 158. The van der Waals surface area contributed by atoms with Gasteiger partial charge in [-0.05, 0) is 24.8 Å². The van der Waals surface area contributed by atoms with Crippen LogP contribution in [0.5, 0.6) is 0 Å². The van der Waals surface area contributed by atoms with Crippen molar-refractivity contribution >= 4 is 5.97 Å². The second-order valence-electron chi connectivity index (χ2n) is 3.83. The zero-order valence-corrected chi connectivity index (χ0v) is 11.6. The number of hydrogen-bond donors (Lipinski definition) is 2. The molecule has 0 saturated carbocycles. The molecule has 0 radical (unpaired) electrons. The summed E-state index contributed by atoms with van der Waals surface area (Å²) in [5.74, 6) is 0.0103. The Morgan fingerprint density at radius 1 is 1.57 bits per heavy atom. The summed E-state index contributed by atoms with van der Waals surface area (Å²) < 4.78 is 0. The molecule has 1 unspecified atom stereocenters. The zero-order chi connectivity index (χ0) is 10.3. The van der Waals surface area contributed by atoms with E-state index in [0.29, 0.717) is 12.5 Å². The summed E-state index contributed by atoms with van der Waals surface area (Å²) in [6.45, 7) is 4.79. The normalized spacial score (nSPS) is 14.2. The predicted octanol–water partition coefficient (Wildman–Crippen LogP) is -1.02. The number of carboxylic acid groups (broad SMARTS) is 1. The van der Waals surface area contributed by atoms with Gasteiger partial charge in [0.2, 0.25) is 0 Å². The number of aliphatic carboxylic acids is 1. The third kappa shape index (κ3) is 9.00. The van der Waals surface area contributed by atoms with Crippen molar-refractivity contribution in [3.05, 3.63) is 0 Å². The van der Waals surface area contributed by atoms with Crippen LogP contribution in [0.2, 0.25) is 0 Å². The van der Waals surface area contributed by atoms with Gasteiger partial charge in [-0.3, -0.25) is 4.79 Å². The van der Waals surface area contributed by atoms with Gasteiger partial charge in [0, 0.05) is 6.42 Å². The monoisotopic (exact) mass is 211 g/mol. The average Bonchev–Trinajstić information content (AvgIpc) is 2.02. The fourth-order valence-corrected chi connectivity index (χ4v) is 1.69. The summed E-state index contributed by atoms with van der Waals surface area (Å²) in [5, 5.41) is 8.60. The third-order valence-corrected chi connectivity index (χ3v) is 2.31. The molecule has 0 aromatic carbocycles. The molecule has 0 bridgehead atoms. The van der Waals surface area contributed by atoms with Gasteiger partial charge < -0.3 is 12.3 Å². The molecule has 0 spiro atoms. The first kappa shape index (κ1) is 16.8. The number of rotatable bonds is 7. The SMILES string of the molecule is CCC[C@@H](C)CC(CN)CC(=O)O.[H-].[Na+]. The Kier molecular flexibility index (Phi) is 12.0. The maximum absolute atomic E-state index is 10.5. The van der Waals surface area contributed by atoms with E-state index < -0.39 is 5.97 Å². The topological polar surface area (TPSA) is 63.3 Å². The minimum atomic E-state index is -0.737. The minimum Gasteiger partial charge on any atom is -1.00 e. The maximum atomic E-state index is 10.5. The Morgan fingerprint density at radius 2 is 2.14 bits per heavy atom. The number of nitrogens with two attached hydrogens (primary N) is 1. The molecular formula is C10H22NNaO2. The van der Waals surface area contributed by atoms with Crippen LogP contribution in [0, 0.1) is 11.8 Å². The van der Waals surface area contributed by atoms with Crippen LogP contribution in [-0.2, 0) is 4.79 Å². The summed E-state index contributed by atoms with van der Waals surface area (Å²) in [5.41, 5.74) is 5.50. The van der Waals surface area contributed by atoms with Crippen molar-refractivity contribution in [1.29, 1.82) is 0 Å². The average molecular weight is 211 g/mol. The van der Waals surface area contributed by atoms with Crippen LogP contribution < -0.4 is 35.3 Å². The van der Waals surface area contributed by atoms with Gasteiger partial charge >= 0.3 is 35.5 Å². The van der Waals surface area contributed by atoms with Crippen LogP contribution in [0.15, 0.2) is 0 Å². The third-order valence-electron chi connectivity index (χ3n) is 2.31. The van der Waals surface area contributed by atoms with E-state index in [9.17, 15) is 4.79 Å². The smallest absolute Gasteiger partial charge is 1.00 e. The van der Waals surface area contributed by atoms with Crippen molar-refractivity contribution in [3.63, 3.8) is 0 Å². The summed E-state index contributed by atoms with van der Waals surface area (Å²) >= 11 is 0. The largest absolute Gasteiger partial charge is 1.00 e. The predicted molar refractivity (Wildman–Crippen MR) is 54.6 cm³/mol. The second-order valence-corrected chi connectivity index (χ2v) is 3.83. The van der Waals surface area contributed by atoms with Crippen molar-refractivity contribution in [1.82, 2.24) is 0 Å². The van der Waals surface area contributed by atoms with Gasteiger partial charge in [-0.25, -0.2) is 0 Å². The molecular weight excluding hydrogens is 189 g/mol. The molecule has 0 aromatic heterocycles. The van der Waals surface area contributed by atoms with E-state index in [1.54, 1.807) is 0 Å². The van der Waals surface area contributed by atoms with Crippen molar-refractivity contribution in [2.24, 2.45) is 17.6 Å². The van der Waals surface area contributed by atoms with Crippen LogP contribution in [0.3, 0.4) is 0 Å². The fraction of sp³-hybridized carbons (Fsp3) is 0.900. The molecule has 3 nitrogen and oxygen atoms in total. The maximum Gasteiger partial charge on any atom is 1.00 e. The van der Waals surface area contributed by atoms with E-state index >= 15 is 0 Å². The number of carbonyl (C=O) groups is 1. The van der Waals surface area contributed by atoms with E-state index in [1.807, 2.05) is 0 Å². The summed E-state index contributed by atoms with van der Waals surface area (Å²) in [7, 11) is 0. The minimum absolute atomic E-state index is 0. The first-order valence-corrected chi connectivity index (χ1v) is 5.02. The van der Waals surface area contributed by atoms with Gasteiger partial charge in [0.05, 0.1) is 0 Å². The molecule has 2 atom stereocenters. The molecule has 14 heavy (non-hydrogen) atoms. The summed E-state index contributed by atoms with van der Waals surface area (Å²) in [6, 6.07) is 0. The summed E-state index contributed by atoms with van der Waals surface area (Å²) in [4.78, 5) is 10.5. The molecule has 0 fully saturated rings. The van der Waals surface area contributed by atoms with Crippen LogP contribution in [0.25, 0.3) is 0 Å². The molecule has 3 N–H and O–H groups in total. The van der Waals surface area contributed by atoms with Gasteiger partial charge in [-0.1, -0.05) is 26.7 Å². The van der Waals surface area contributed by atoms with Crippen LogP contribution >= 0.6 is 0 Å². The summed E-state index contributed by atoms with van der Waals surface area (Å²) in [6.07, 6.45) is 3.48. The van der Waals surface area contributed by atoms with E-state index in [1.165, 1.54) is 0 Å². The first-order valence-electron chi connectivity index (χ1n) is 5.02. The molecule has 0 aliphatic heterocycles. The molecule has 0 aromatic rings. The molecule has 0 aliphatic rings. The van der Waals surface area contributed by atoms with Gasteiger partial charge in [-0.2, -0.15) is 0 Å². The molecule has 0 heterocycles. The van der Waals surface area contributed by atoms with Crippen LogP contribution in [0.4, 0.5) is 0 Å². The van der Waals surface area contributed by atoms with Gasteiger partial charge in [0.1, 0.15) is 0 Å². The standard InChI is InChI=1S/C10H21NO2.Na.H/c1-3-4-8(2)5-9(7-11)6-10(12)13;;/h8-9H,3-7,11H2,1-2H3,(H,12,13);;/q;+1;-1/t8-,9?;;/m1../s1. The zero-order valence-electron chi connectivity index (χ0n) is 10.6. The van der Waals surface area contributed by atoms with Gasteiger partial charge in [-0.15, -0.1) is 0 Å². The quantitative estimate of drug-likeness (QED) is 0.530. The van der Waals surface area contributed by atoms with E-state index in [0.717, 1.165) is 19.3 Å². The van der Waals surface area contributed by atoms with Gasteiger partial charge in [0.15, 0.2) is 0 Å². The Morgan fingerprint density at radius 3 is 2.50 bits per heavy atom. The van der Waals surface area contributed by atoms with Crippen LogP contribution in [0.1, 0.15) is 41.0 Å². The Hall–Kier alpha value is 0.430. The number of carboxylic acids is 1. The first-order chi connectivity index (χ1) is 6.10. The molecule has 80 valence electrons. The second kappa shape index (κ2) is 9.97. The fourth-order valence-electron chi connectivity index (χ4n) is 1.69. The molecule has 0 saturated heterocycles. The molecule has 0 aliphatic carbocycles. The van der Waals surface area contributed by atoms with Crippen LogP contribution in [-0.4, -0.2) is 17.6 Å². The van der Waals surface area contributed by atoms with Crippen molar-refractivity contribution in [2.75, 3.05) is 6.54 Å².